The number of carboxylic acid groups (broad SMARTS) is 1. The normalized spacial score (nSPS) is 10.0. The van der Waals surface area contributed by atoms with Gasteiger partial charge in [-0.1, -0.05) is 11.6 Å². The van der Waals surface area contributed by atoms with Gasteiger partial charge in [-0.15, -0.1) is 0 Å². The molecule has 3 rings (SSSR count). The number of halogens is 1. The summed E-state index contributed by atoms with van der Waals surface area (Å²) >= 11 is 5.88. The molecule has 0 atom stereocenters. The summed E-state index contributed by atoms with van der Waals surface area (Å²) in [5.41, 5.74) is 2.18. The van der Waals surface area contributed by atoms with Gasteiger partial charge in [-0.3, -0.25) is 9.36 Å². The van der Waals surface area contributed by atoms with Crippen molar-refractivity contribution in [3.8, 4) is 5.75 Å². The van der Waals surface area contributed by atoms with Crippen LogP contribution in [0, 0.1) is 6.92 Å². The van der Waals surface area contributed by atoms with Crippen LogP contribution >= 0.6 is 11.6 Å². The van der Waals surface area contributed by atoms with Gasteiger partial charge in [0.1, 0.15) is 5.75 Å². The summed E-state index contributed by atoms with van der Waals surface area (Å²) < 4.78 is 6.73. The molecule has 27 heavy (non-hydrogen) atoms. The third-order valence-electron chi connectivity index (χ3n) is 4.16. The van der Waals surface area contributed by atoms with Gasteiger partial charge >= 0.3 is 29.6 Å². The third kappa shape index (κ3) is 4.54. The van der Waals surface area contributed by atoms with Gasteiger partial charge in [-0.25, -0.2) is 0 Å². The van der Waals surface area contributed by atoms with E-state index in [-0.39, 0.29) is 47.4 Å². The average Bonchev–Trinajstić information content (AvgIpc) is 2.86. The molecule has 0 saturated carbocycles. The summed E-state index contributed by atoms with van der Waals surface area (Å²) in [6, 6.07) is 11.8. The Kier molecular flexibility index (Phi) is 8.07. The zero-order valence-corrected chi connectivity index (χ0v) is 18.0. The van der Waals surface area contributed by atoms with Gasteiger partial charge in [0.2, 0.25) is 0 Å². The summed E-state index contributed by atoms with van der Waals surface area (Å²) in [5.74, 6) is -0.874. The molecule has 8 heteroatoms. The van der Waals surface area contributed by atoms with Gasteiger partial charge in [-0.2, -0.15) is 0 Å². The molecule has 3 aromatic rings. The van der Waals surface area contributed by atoms with E-state index in [4.69, 9.17) is 16.3 Å². The van der Waals surface area contributed by atoms with E-state index in [1.165, 1.54) is 11.7 Å². The smallest absolute Gasteiger partial charge is 0.550 e. The van der Waals surface area contributed by atoms with E-state index in [1.54, 1.807) is 49.4 Å². The number of hydrogen-bond donors (Lipinski definition) is 0. The Balaban J connectivity index is 0.00000182. The second-order valence-corrected chi connectivity index (χ2v) is 6.08. The molecule has 0 unspecified atom stereocenters. The van der Waals surface area contributed by atoms with Crippen molar-refractivity contribution in [3.63, 3.8) is 0 Å². The van der Waals surface area contributed by atoms with E-state index in [0.717, 1.165) is 0 Å². The van der Waals surface area contributed by atoms with Crippen LogP contribution < -0.4 is 39.4 Å². The Hall–Kier alpha value is -1.83. The maximum atomic E-state index is 13.0. The minimum atomic E-state index is -1.20. The number of fused-ring (bicyclic) bond motifs is 1. The number of benzene rings is 2. The average molecular weight is 398 g/mol. The molecule has 1 heterocycles. The first kappa shape index (κ1) is 23.2. The SMILES string of the molecule is COc1ccc2c(c1)c(CC(=O)[O-])c(C)n2C(=O)c1ccc(Cl)cc1.O.[Na+]. The predicted molar refractivity (Wildman–Crippen MR) is 96.7 cm³/mol. The summed E-state index contributed by atoms with van der Waals surface area (Å²) in [5, 5.41) is 12.3. The molecule has 0 aliphatic heterocycles. The van der Waals surface area contributed by atoms with Crippen molar-refractivity contribution in [2.75, 3.05) is 7.11 Å². The number of carboxylic acids is 1. The molecule has 0 spiro atoms. The summed E-state index contributed by atoms with van der Waals surface area (Å²) in [6.45, 7) is 1.72. The van der Waals surface area contributed by atoms with Crippen molar-refractivity contribution in [1.82, 2.24) is 4.57 Å². The van der Waals surface area contributed by atoms with Gasteiger partial charge in [0.05, 0.1) is 12.6 Å². The molecular formula is C19H17ClNNaO5. The zero-order chi connectivity index (χ0) is 18.1. The van der Waals surface area contributed by atoms with Crippen LogP contribution in [0.1, 0.15) is 21.6 Å². The molecule has 6 nitrogen and oxygen atoms in total. The van der Waals surface area contributed by atoms with E-state index >= 15 is 0 Å². The second-order valence-electron chi connectivity index (χ2n) is 5.64. The Morgan fingerprint density at radius 3 is 2.33 bits per heavy atom. The van der Waals surface area contributed by atoms with Crippen molar-refractivity contribution < 1.29 is 54.5 Å². The quantitative estimate of drug-likeness (QED) is 0.514. The van der Waals surface area contributed by atoms with E-state index < -0.39 is 5.97 Å². The van der Waals surface area contributed by atoms with E-state index in [0.29, 0.717) is 38.5 Å². The number of carbonyl (C=O) groups is 2. The van der Waals surface area contributed by atoms with Crippen LogP contribution in [-0.4, -0.2) is 29.0 Å². The Morgan fingerprint density at radius 2 is 1.78 bits per heavy atom. The van der Waals surface area contributed by atoms with Gasteiger partial charge in [0.15, 0.2) is 0 Å². The fourth-order valence-corrected chi connectivity index (χ4v) is 3.07. The molecule has 0 saturated heterocycles. The van der Waals surface area contributed by atoms with Crippen LogP contribution in [0.2, 0.25) is 5.02 Å². The number of aromatic nitrogens is 1. The molecule has 0 aliphatic rings. The molecule has 1 aromatic heterocycles. The molecule has 2 aromatic carbocycles. The monoisotopic (exact) mass is 397 g/mol. The fourth-order valence-electron chi connectivity index (χ4n) is 2.94. The Morgan fingerprint density at radius 1 is 1.15 bits per heavy atom. The van der Waals surface area contributed by atoms with Crippen molar-refractivity contribution in [3.05, 3.63) is 64.3 Å². The van der Waals surface area contributed by atoms with Crippen LogP contribution in [0.5, 0.6) is 5.75 Å². The maximum absolute atomic E-state index is 13.0. The van der Waals surface area contributed by atoms with E-state index in [9.17, 15) is 14.7 Å². The van der Waals surface area contributed by atoms with Crippen molar-refractivity contribution in [1.29, 1.82) is 0 Å². The number of hydrogen-bond acceptors (Lipinski definition) is 4. The fraction of sp³-hybridized carbons (Fsp3) is 0.158. The van der Waals surface area contributed by atoms with Gasteiger partial charge in [-0.05, 0) is 55.0 Å². The summed E-state index contributed by atoms with van der Waals surface area (Å²) in [7, 11) is 1.53. The molecular weight excluding hydrogens is 381 g/mol. The van der Waals surface area contributed by atoms with Crippen LogP contribution in [0.15, 0.2) is 42.5 Å². The van der Waals surface area contributed by atoms with Crippen LogP contribution in [0.3, 0.4) is 0 Å². The van der Waals surface area contributed by atoms with E-state index in [1.807, 2.05) is 0 Å². The predicted octanol–water partition coefficient (Wildman–Crippen LogP) is -1.23. The second kappa shape index (κ2) is 9.39. The standard InChI is InChI=1S/C19H16ClNO4.Na.H2O/c1-11-15(10-18(22)23)16-9-14(25-2)7-8-17(16)21(11)19(24)12-3-5-13(20)6-4-12;;/h3-9H,10H2,1-2H3,(H,22,23);;1H2/q;+1;/p-1. The Labute approximate surface area is 183 Å². The minimum Gasteiger partial charge on any atom is -0.550 e. The third-order valence-corrected chi connectivity index (χ3v) is 4.41. The maximum Gasteiger partial charge on any atom is 1.00 e. The molecule has 2 N–H and O–H groups in total. The topological polar surface area (TPSA) is 103 Å². The first-order valence-corrected chi connectivity index (χ1v) is 7.98. The van der Waals surface area contributed by atoms with Gasteiger partial charge in [0, 0.05) is 34.1 Å². The van der Waals surface area contributed by atoms with Gasteiger partial charge < -0.3 is 20.1 Å². The van der Waals surface area contributed by atoms with Gasteiger partial charge in [0.25, 0.3) is 5.91 Å². The summed E-state index contributed by atoms with van der Waals surface area (Å²) in [6.07, 6.45) is -0.281. The van der Waals surface area contributed by atoms with E-state index in [2.05, 4.69) is 0 Å². The molecule has 0 bridgehead atoms. The van der Waals surface area contributed by atoms with Crippen LogP contribution in [0.4, 0.5) is 0 Å². The zero-order valence-electron chi connectivity index (χ0n) is 15.2. The van der Waals surface area contributed by atoms with Crippen LogP contribution in [0.25, 0.3) is 10.9 Å². The first-order chi connectivity index (χ1) is 11.9. The summed E-state index contributed by atoms with van der Waals surface area (Å²) in [4.78, 5) is 24.1. The van der Waals surface area contributed by atoms with Crippen molar-refractivity contribution >= 4 is 34.4 Å². The van der Waals surface area contributed by atoms with Crippen molar-refractivity contribution in [2.24, 2.45) is 0 Å². The number of ether oxygens (including phenoxy) is 1. The molecule has 0 radical (unpaired) electrons. The largest absolute Gasteiger partial charge is 1.00 e. The van der Waals surface area contributed by atoms with Crippen LogP contribution in [-0.2, 0) is 11.2 Å². The molecule has 136 valence electrons. The number of aliphatic carboxylic acids is 1. The molecule has 0 fully saturated rings. The molecule has 0 aliphatic carbocycles. The molecule has 0 amide bonds. The van der Waals surface area contributed by atoms with Crippen molar-refractivity contribution in [2.45, 2.75) is 13.3 Å². The number of nitrogens with zero attached hydrogens (tertiary/aromatic N) is 1. The minimum absolute atomic E-state index is 0. The first-order valence-electron chi connectivity index (χ1n) is 7.60. The number of methoxy groups -OCH3 is 1. The Bertz CT molecular complexity index is 982. The number of rotatable bonds is 4. The number of carbonyl (C=O) groups excluding carboxylic acids is 2.